The molecule has 25 heavy (non-hydrogen) atoms. The number of aliphatic hydroxyl groups excluding tert-OH is 1. The van der Waals surface area contributed by atoms with Gasteiger partial charge in [-0.2, -0.15) is 0 Å². The maximum atomic E-state index is 10.4. The largest absolute Gasteiger partial charge is 0.393 e. The zero-order chi connectivity index (χ0) is 17.3. The van der Waals surface area contributed by atoms with Crippen LogP contribution in [0.25, 0.3) is 0 Å². The van der Waals surface area contributed by atoms with Crippen molar-refractivity contribution in [2.45, 2.75) is 43.5 Å². The summed E-state index contributed by atoms with van der Waals surface area (Å²) in [7, 11) is 0. The molecule has 132 valence electrons. The molecule has 0 bridgehead atoms. The minimum Gasteiger partial charge on any atom is -0.393 e. The number of halogens is 1. The van der Waals surface area contributed by atoms with E-state index in [9.17, 15) is 5.11 Å². The summed E-state index contributed by atoms with van der Waals surface area (Å²) < 4.78 is 6.53. The van der Waals surface area contributed by atoms with E-state index in [1.165, 1.54) is 0 Å². The average molecular weight is 360 g/mol. The topological polar surface area (TPSA) is 58.5 Å². The molecule has 1 aromatic heterocycles. The lowest BCUT2D eigenvalue weighted by Gasteiger charge is -2.48. The molecule has 1 N–H and O–H groups in total. The second-order valence-electron chi connectivity index (χ2n) is 6.98. The summed E-state index contributed by atoms with van der Waals surface area (Å²) in [6, 6.07) is 10.2. The Labute approximate surface area is 152 Å². The molecule has 1 spiro atoms. The lowest BCUT2D eigenvalue weighted by molar-refractivity contribution is -0.173. The Morgan fingerprint density at radius 1 is 1.12 bits per heavy atom. The predicted molar refractivity (Wildman–Crippen MR) is 96.7 cm³/mol. The number of piperidine rings is 1. The van der Waals surface area contributed by atoms with E-state index in [0.29, 0.717) is 23.8 Å². The van der Waals surface area contributed by atoms with E-state index < -0.39 is 0 Å². The van der Waals surface area contributed by atoms with Crippen LogP contribution in [0.4, 0.5) is 5.95 Å². The lowest BCUT2D eigenvalue weighted by atomic mass is 9.81. The van der Waals surface area contributed by atoms with E-state index in [4.69, 9.17) is 16.3 Å². The van der Waals surface area contributed by atoms with Crippen molar-refractivity contribution in [2.75, 3.05) is 18.0 Å². The van der Waals surface area contributed by atoms with Crippen molar-refractivity contribution >= 4 is 17.5 Å². The molecule has 1 aromatic carbocycles. The number of benzene rings is 1. The van der Waals surface area contributed by atoms with Gasteiger partial charge in [0.25, 0.3) is 0 Å². The molecule has 2 aliphatic heterocycles. The molecule has 3 heterocycles. The Morgan fingerprint density at radius 3 is 2.48 bits per heavy atom. The Bertz CT molecular complexity index is 702. The third kappa shape index (κ3) is 3.64. The van der Waals surface area contributed by atoms with Crippen LogP contribution in [0.5, 0.6) is 0 Å². The fourth-order valence-corrected chi connectivity index (χ4v) is 4.03. The van der Waals surface area contributed by atoms with Gasteiger partial charge in [-0.25, -0.2) is 9.97 Å². The first-order valence-electron chi connectivity index (χ1n) is 8.77. The third-order valence-corrected chi connectivity index (χ3v) is 5.42. The molecular weight excluding hydrogens is 338 g/mol. The van der Waals surface area contributed by atoms with Gasteiger partial charge in [-0.05, 0) is 18.4 Å². The van der Waals surface area contributed by atoms with Gasteiger partial charge in [0.1, 0.15) is 0 Å². The van der Waals surface area contributed by atoms with Gasteiger partial charge in [-0.15, -0.1) is 0 Å². The fourth-order valence-electron chi connectivity index (χ4n) is 3.93. The zero-order valence-electron chi connectivity index (χ0n) is 14.0. The van der Waals surface area contributed by atoms with Crippen LogP contribution in [0.2, 0.25) is 5.02 Å². The number of anilines is 1. The number of ether oxygens (including phenoxy) is 1. The Morgan fingerprint density at radius 2 is 1.80 bits per heavy atom. The smallest absolute Gasteiger partial charge is 0.225 e. The number of aromatic nitrogens is 2. The molecular formula is C19H22ClN3O2. The highest BCUT2D eigenvalue weighted by Gasteiger charge is 2.44. The highest BCUT2D eigenvalue weighted by atomic mass is 35.5. The van der Waals surface area contributed by atoms with Crippen LogP contribution >= 0.6 is 11.6 Å². The van der Waals surface area contributed by atoms with E-state index in [2.05, 4.69) is 27.0 Å². The van der Waals surface area contributed by atoms with Gasteiger partial charge in [0.05, 0.1) is 35.2 Å². The molecule has 0 amide bonds. The van der Waals surface area contributed by atoms with Crippen molar-refractivity contribution in [3.63, 3.8) is 0 Å². The van der Waals surface area contributed by atoms with E-state index in [-0.39, 0.29) is 17.8 Å². The summed E-state index contributed by atoms with van der Waals surface area (Å²) in [5.74, 6) is 0.704. The maximum absolute atomic E-state index is 10.4. The van der Waals surface area contributed by atoms with Crippen molar-refractivity contribution in [2.24, 2.45) is 0 Å². The molecule has 4 rings (SSSR count). The highest BCUT2D eigenvalue weighted by Crippen LogP contribution is 2.43. The summed E-state index contributed by atoms with van der Waals surface area (Å²) in [5.41, 5.74) is 0.880. The minimum atomic E-state index is -0.322. The monoisotopic (exact) mass is 359 g/mol. The molecule has 6 heteroatoms. The molecule has 0 unspecified atom stereocenters. The van der Waals surface area contributed by atoms with Crippen LogP contribution in [0.1, 0.15) is 37.4 Å². The quantitative estimate of drug-likeness (QED) is 0.890. The van der Waals surface area contributed by atoms with Gasteiger partial charge in [0, 0.05) is 25.9 Å². The standard InChI is InChI=1S/C19H22ClN3O2/c20-15-12-21-18(22-13-15)23-8-6-19(7-9-23)11-16(24)10-17(25-19)14-4-2-1-3-5-14/h1-5,12-13,16-17,24H,6-11H2/t16-,17-/m1/s1. The Kier molecular flexibility index (Phi) is 4.63. The number of rotatable bonds is 2. The van der Waals surface area contributed by atoms with Gasteiger partial charge in [-0.3, -0.25) is 0 Å². The van der Waals surface area contributed by atoms with E-state index in [0.717, 1.165) is 31.5 Å². The van der Waals surface area contributed by atoms with Gasteiger partial charge >= 0.3 is 0 Å². The Balaban J connectivity index is 1.46. The van der Waals surface area contributed by atoms with Gasteiger partial charge in [-0.1, -0.05) is 41.9 Å². The first kappa shape index (κ1) is 16.8. The first-order chi connectivity index (χ1) is 12.1. The van der Waals surface area contributed by atoms with Crippen LogP contribution in [0.3, 0.4) is 0 Å². The van der Waals surface area contributed by atoms with Crippen molar-refractivity contribution in [1.29, 1.82) is 0 Å². The first-order valence-corrected chi connectivity index (χ1v) is 9.15. The van der Waals surface area contributed by atoms with Gasteiger partial charge in [0.2, 0.25) is 5.95 Å². The van der Waals surface area contributed by atoms with Crippen molar-refractivity contribution in [1.82, 2.24) is 9.97 Å². The number of aliphatic hydroxyl groups is 1. The van der Waals surface area contributed by atoms with E-state index in [1.54, 1.807) is 12.4 Å². The Hall–Kier alpha value is -1.69. The van der Waals surface area contributed by atoms with Crippen molar-refractivity contribution in [3.8, 4) is 0 Å². The van der Waals surface area contributed by atoms with Crippen LogP contribution in [-0.4, -0.2) is 39.9 Å². The molecule has 5 nitrogen and oxygen atoms in total. The van der Waals surface area contributed by atoms with Crippen molar-refractivity contribution in [3.05, 3.63) is 53.3 Å². The van der Waals surface area contributed by atoms with Crippen LogP contribution in [0, 0.1) is 0 Å². The predicted octanol–water partition coefficient (Wildman–Crippen LogP) is 3.38. The zero-order valence-corrected chi connectivity index (χ0v) is 14.8. The molecule has 2 aliphatic rings. The van der Waals surface area contributed by atoms with Crippen LogP contribution in [0.15, 0.2) is 42.7 Å². The summed E-state index contributed by atoms with van der Waals surface area (Å²) in [6.07, 6.45) is 5.97. The summed E-state index contributed by atoms with van der Waals surface area (Å²) in [4.78, 5) is 10.8. The van der Waals surface area contributed by atoms with Gasteiger partial charge < -0.3 is 14.7 Å². The SMILES string of the molecule is O[C@@H]1C[C@H](c2ccccc2)OC2(CCN(c3ncc(Cl)cn3)CC2)C1. The molecule has 0 saturated carbocycles. The third-order valence-electron chi connectivity index (χ3n) is 5.22. The second kappa shape index (κ2) is 6.90. The molecule has 2 saturated heterocycles. The number of hydrogen-bond donors (Lipinski definition) is 1. The van der Waals surface area contributed by atoms with Gasteiger partial charge in [0.15, 0.2) is 0 Å². The summed E-state index contributed by atoms with van der Waals surface area (Å²) >= 11 is 5.87. The fraction of sp³-hybridized carbons (Fsp3) is 0.474. The minimum absolute atomic E-state index is 0.0386. The molecule has 0 aliphatic carbocycles. The van der Waals surface area contributed by atoms with Crippen LogP contribution < -0.4 is 4.90 Å². The van der Waals surface area contributed by atoms with E-state index in [1.807, 2.05) is 18.2 Å². The second-order valence-corrected chi connectivity index (χ2v) is 7.42. The van der Waals surface area contributed by atoms with Crippen LogP contribution in [-0.2, 0) is 4.74 Å². The number of nitrogens with zero attached hydrogens (tertiary/aromatic N) is 3. The average Bonchev–Trinajstić information content (AvgIpc) is 2.63. The highest BCUT2D eigenvalue weighted by molar-refractivity contribution is 6.30. The lowest BCUT2D eigenvalue weighted by Crippen LogP contribution is -2.51. The van der Waals surface area contributed by atoms with E-state index >= 15 is 0 Å². The summed E-state index contributed by atoms with van der Waals surface area (Å²) in [6.45, 7) is 1.63. The molecule has 2 fully saturated rings. The maximum Gasteiger partial charge on any atom is 0.225 e. The molecule has 0 radical (unpaired) electrons. The molecule has 2 aromatic rings. The van der Waals surface area contributed by atoms with Crippen molar-refractivity contribution < 1.29 is 9.84 Å². The summed E-state index contributed by atoms with van der Waals surface area (Å²) in [5, 5.41) is 11.0. The number of hydrogen-bond acceptors (Lipinski definition) is 5. The molecule has 2 atom stereocenters. The normalized spacial score (nSPS) is 25.9.